The number of carbonyl (C=O) groups excluding carboxylic acids is 2. The lowest BCUT2D eigenvalue weighted by atomic mass is 9.84. The van der Waals surface area contributed by atoms with Gasteiger partial charge in [-0.2, -0.15) is 13.5 Å². The number of carboxylic acid groups (broad SMARTS) is 1. The van der Waals surface area contributed by atoms with Gasteiger partial charge in [-0.25, -0.2) is 9.78 Å². The maximum Gasteiger partial charge on any atom is 0.418 e. The summed E-state index contributed by atoms with van der Waals surface area (Å²) >= 11 is 0.957. The maximum atomic E-state index is 13.2. The molecule has 1 unspecified atom stereocenters. The summed E-state index contributed by atoms with van der Waals surface area (Å²) in [6.07, 6.45) is -1.68. The maximum absolute atomic E-state index is 13.2. The molecular formula is C24H31N9O10S2. The molecule has 9 N–H and O–H groups in total. The van der Waals surface area contributed by atoms with Gasteiger partial charge in [0.25, 0.3) is 17.9 Å². The van der Waals surface area contributed by atoms with Crippen molar-refractivity contribution in [1.29, 1.82) is 0 Å². The van der Waals surface area contributed by atoms with Gasteiger partial charge in [-0.1, -0.05) is 17.3 Å². The van der Waals surface area contributed by atoms with Crippen LogP contribution in [0.4, 0.5) is 5.13 Å². The van der Waals surface area contributed by atoms with Crippen LogP contribution in [-0.2, 0) is 33.9 Å². The van der Waals surface area contributed by atoms with Crippen LogP contribution >= 0.6 is 11.3 Å². The summed E-state index contributed by atoms with van der Waals surface area (Å²) in [5.74, 6) is -2.48. The number of benzene rings is 1. The van der Waals surface area contributed by atoms with Gasteiger partial charge in [0.2, 0.25) is 0 Å². The number of hydrogen-bond donors (Lipinski definition) is 7. The number of nitrogen functional groups attached to an aromatic ring is 1. The first kappa shape index (κ1) is 33.3. The van der Waals surface area contributed by atoms with Crippen LogP contribution in [0.5, 0.6) is 5.75 Å². The second-order valence-corrected chi connectivity index (χ2v) is 12.0. The Bertz CT molecular complexity index is 1590. The van der Waals surface area contributed by atoms with Crippen LogP contribution in [-0.4, -0.2) is 102 Å². The largest absolute Gasteiger partial charge is 0.489 e. The molecule has 4 rings (SSSR count). The highest BCUT2D eigenvalue weighted by atomic mass is 32.3. The fourth-order valence-electron chi connectivity index (χ4n) is 4.18. The molecule has 0 saturated carbocycles. The van der Waals surface area contributed by atoms with Gasteiger partial charge in [-0.3, -0.25) is 19.1 Å². The minimum absolute atomic E-state index is 0.0576. The third kappa shape index (κ3) is 8.13. The Morgan fingerprint density at radius 3 is 2.60 bits per heavy atom. The summed E-state index contributed by atoms with van der Waals surface area (Å²) in [5, 5.41) is 23.9. The normalized spacial score (nSPS) is 20.0. The van der Waals surface area contributed by atoms with E-state index in [2.05, 4.69) is 35.4 Å². The number of ether oxygens (including phenoxy) is 1. The van der Waals surface area contributed by atoms with Gasteiger partial charge in [0.05, 0.1) is 18.1 Å². The van der Waals surface area contributed by atoms with Crippen molar-refractivity contribution >= 4 is 56.3 Å². The van der Waals surface area contributed by atoms with E-state index in [1.807, 2.05) is 0 Å². The summed E-state index contributed by atoms with van der Waals surface area (Å²) in [6.45, 7) is 3.79. The average molecular weight is 670 g/mol. The SMILES string of the molecule is CC1(C)[C@H](NC(=O)/C(=N\O[C@@H](COc2ccc(C3CN=C(NCCN)N3)cc2)C(=O)O)c2csc(N)n2)C(=O)N1OS(=O)(=O)O. The summed E-state index contributed by atoms with van der Waals surface area (Å²) in [5.41, 5.74) is 10.1. The van der Waals surface area contributed by atoms with Crippen LogP contribution in [0.15, 0.2) is 39.8 Å². The van der Waals surface area contributed by atoms with E-state index in [0.29, 0.717) is 36.4 Å². The number of nitrogens with two attached hydrogens (primary N) is 2. The molecule has 0 spiro atoms. The highest BCUT2D eigenvalue weighted by Crippen LogP contribution is 2.33. The summed E-state index contributed by atoms with van der Waals surface area (Å²) in [7, 11) is -5.01. The minimum atomic E-state index is -5.01. The van der Waals surface area contributed by atoms with Crippen LogP contribution < -0.4 is 32.2 Å². The number of amides is 2. The Morgan fingerprint density at radius 1 is 1.31 bits per heavy atom. The molecule has 45 heavy (non-hydrogen) atoms. The number of hydroxylamine groups is 2. The lowest BCUT2D eigenvalue weighted by molar-refractivity contribution is -0.218. The van der Waals surface area contributed by atoms with Crippen LogP contribution in [0.1, 0.15) is 31.1 Å². The molecule has 1 fully saturated rings. The van der Waals surface area contributed by atoms with Crippen molar-refractivity contribution < 1.29 is 46.3 Å². The van der Waals surface area contributed by atoms with Crippen LogP contribution in [0.3, 0.4) is 0 Å². The smallest absolute Gasteiger partial charge is 0.418 e. The fourth-order valence-corrected chi connectivity index (χ4v) is 5.18. The van der Waals surface area contributed by atoms with E-state index in [1.165, 1.54) is 19.2 Å². The molecule has 3 heterocycles. The van der Waals surface area contributed by atoms with Crippen molar-refractivity contribution in [3.05, 3.63) is 40.9 Å². The first-order chi connectivity index (χ1) is 21.2. The molecule has 21 heteroatoms. The molecule has 3 atom stereocenters. The van der Waals surface area contributed by atoms with Crippen LogP contribution in [0, 0.1) is 0 Å². The summed E-state index contributed by atoms with van der Waals surface area (Å²) < 4.78 is 40.9. The number of aliphatic carboxylic acids is 1. The van der Waals surface area contributed by atoms with Crippen molar-refractivity contribution in [3.8, 4) is 5.75 Å². The van der Waals surface area contributed by atoms with Gasteiger partial charge in [0.1, 0.15) is 24.1 Å². The quantitative estimate of drug-likeness (QED) is 0.0514. The molecule has 0 radical (unpaired) electrons. The zero-order valence-corrected chi connectivity index (χ0v) is 25.5. The van der Waals surface area contributed by atoms with Crippen molar-refractivity contribution in [3.63, 3.8) is 0 Å². The number of nitrogens with zero attached hydrogens (tertiary/aromatic N) is 4. The number of anilines is 1. The number of carbonyl (C=O) groups is 3. The zero-order valence-electron chi connectivity index (χ0n) is 23.9. The Labute approximate surface area is 260 Å². The number of β-lactam (4-membered cyclic amide) rings is 1. The number of rotatable bonds is 14. The Kier molecular flexibility index (Phi) is 10.1. The molecule has 0 bridgehead atoms. The van der Waals surface area contributed by atoms with Crippen LogP contribution in [0.25, 0.3) is 0 Å². The molecule has 2 aliphatic rings. The van der Waals surface area contributed by atoms with E-state index in [0.717, 1.165) is 16.9 Å². The van der Waals surface area contributed by atoms with E-state index in [1.54, 1.807) is 24.3 Å². The molecular weight excluding hydrogens is 638 g/mol. The summed E-state index contributed by atoms with van der Waals surface area (Å²) in [6, 6.07) is 5.50. The molecule has 1 aromatic carbocycles. The number of aromatic nitrogens is 1. The fraction of sp³-hybridized carbons (Fsp3) is 0.417. The van der Waals surface area contributed by atoms with E-state index in [-0.39, 0.29) is 16.9 Å². The van der Waals surface area contributed by atoms with E-state index in [9.17, 15) is 27.9 Å². The second kappa shape index (κ2) is 13.6. The Balaban J connectivity index is 1.41. The predicted octanol–water partition coefficient (Wildman–Crippen LogP) is -1.63. The monoisotopic (exact) mass is 669 g/mol. The highest BCUT2D eigenvalue weighted by Gasteiger charge is 2.58. The van der Waals surface area contributed by atoms with Crippen LogP contribution in [0.2, 0.25) is 0 Å². The predicted molar refractivity (Wildman–Crippen MR) is 158 cm³/mol. The molecule has 19 nitrogen and oxygen atoms in total. The Hall–Kier alpha value is -4.57. The molecule has 2 aromatic rings. The van der Waals surface area contributed by atoms with Gasteiger partial charge in [-0.05, 0) is 31.5 Å². The van der Waals surface area contributed by atoms with Crippen molar-refractivity contribution in [2.24, 2.45) is 15.9 Å². The van der Waals surface area contributed by atoms with Crippen molar-refractivity contribution in [2.45, 2.75) is 37.6 Å². The lowest BCUT2D eigenvalue weighted by Gasteiger charge is -2.50. The number of oxime groups is 1. The van der Waals surface area contributed by atoms with Crippen molar-refractivity contribution in [2.75, 3.05) is 32.0 Å². The minimum Gasteiger partial charge on any atom is -0.489 e. The third-order valence-electron chi connectivity index (χ3n) is 6.51. The van der Waals surface area contributed by atoms with Gasteiger partial charge >= 0.3 is 16.4 Å². The van der Waals surface area contributed by atoms with E-state index < -0.39 is 58.2 Å². The number of nitrogens with one attached hydrogen (secondary N) is 3. The molecule has 1 saturated heterocycles. The molecule has 1 aromatic heterocycles. The standard InChI is InChI=1S/C24H31N9O10S2/c1-24(2)18(20(35)33(24)43-45(38,39)40)31-19(34)17(15-11-44-22(26)29-15)32-42-16(21(36)37)10-41-13-5-3-12(4-6-13)14-9-28-23(30-14)27-8-7-25/h3-6,11,14,16,18H,7-10,25H2,1-2H3,(H2,26,29)(H,31,34)(H,36,37)(H2,27,28,30)(H,38,39,40)/b32-17-/t14?,16-,18+/m0/s1. The van der Waals surface area contributed by atoms with Gasteiger partial charge in [0, 0.05) is 18.5 Å². The number of aliphatic imine (C=N–C) groups is 1. The van der Waals surface area contributed by atoms with Gasteiger partial charge in [0.15, 0.2) is 16.8 Å². The third-order valence-corrected chi connectivity index (χ3v) is 7.52. The lowest BCUT2D eigenvalue weighted by Crippen LogP contribution is -2.76. The van der Waals surface area contributed by atoms with E-state index >= 15 is 0 Å². The first-order valence-corrected chi connectivity index (χ1v) is 15.4. The molecule has 0 aliphatic carbocycles. The number of thiazole rings is 1. The Morgan fingerprint density at radius 2 is 2.02 bits per heavy atom. The topological polar surface area (TPSA) is 282 Å². The average Bonchev–Trinajstić information content (AvgIpc) is 3.64. The van der Waals surface area contributed by atoms with Crippen molar-refractivity contribution in [1.82, 2.24) is 26.0 Å². The molecule has 2 amide bonds. The first-order valence-electron chi connectivity index (χ1n) is 13.2. The molecule has 244 valence electrons. The number of carboxylic acids is 1. The van der Waals surface area contributed by atoms with Gasteiger partial charge < -0.3 is 42.1 Å². The zero-order chi connectivity index (χ0) is 32.9. The van der Waals surface area contributed by atoms with E-state index in [4.69, 9.17) is 25.6 Å². The van der Waals surface area contributed by atoms with Gasteiger partial charge in [-0.15, -0.1) is 15.6 Å². The number of guanidine groups is 1. The molecule has 2 aliphatic heterocycles. The number of hydrogen-bond acceptors (Lipinski definition) is 16. The summed E-state index contributed by atoms with van der Waals surface area (Å²) in [4.78, 5) is 51.1. The highest BCUT2D eigenvalue weighted by molar-refractivity contribution is 7.80. The second-order valence-electron chi connectivity index (χ2n) is 10.1.